The molecule has 0 saturated carbocycles. The fourth-order valence-corrected chi connectivity index (χ4v) is 2.04. The molecule has 108 valence electrons. The minimum atomic E-state index is 0.414. The van der Waals surface area contributed by atoms with Crippen LogP contribution in [0.25, 0.3) is 0 Å². The van der Waals surface area contributed by atoms with Gasteiger partial charge in [-0.1, -0.05) is 39.5 Å². The lowest BCUT2D eigenvalue weighted by molar-refractivity contribution is 0.699. The molecule has 1 heterocycles. The summed E-state index contributed by atoms with van der Waals surface area (Å²) in [5.41, 5.74) is 7.83. The van der Waals surface area contributed by atoms with Crippen molar-refractivity contribution in [2.75, 3.05) is 11.9 Å². The number of aryl methyl sites for hydroxylation is 1. The summed E-state index contributed by atoms with van der Waals surface area (Å²) in [6.45, 7) is 5.85. The summed E-state index contributed by atoms with van der Waals surface area (Å²) in [7, 11) is 0. The highest BCUT2D eigenvalue weighted by Crippen LogP contribution is 2.15. The number of hydrogen-bond donors (Lipinski definition) is 2. The Morgan fingerprint density at radius 2 is 1.84 bits per heavy atom. The molecule has 0 fully saturated rings. The normalized spacial score (nSPS) is 10.7. The summed E-state index contributed by atoms with van der Waals surface area (Å²) in [4.78, 5) is 8.85. The van der Waals surface area contributed by atoms with Gasteiger partial charge in [-0.2, -0.15) is 0 Å². The average Bonchev–Trinajstić information content (AvgIpc) is 2.45. The summed E-state index contributed by atoms with van der Waals surface area (Å²) in [6, 6.07) is 0. The van der Waals surface area contributed by atoms with Crippen LogP contribution in [0.2, 0.25) is 0 Å². The Bertz CT molecular complexity index is 352. The third kappa shape index (κ3) is 6.01. The molecule has 0 aliphatic rings. The van der Waals surface area contributed by atoms with Crippen molar-refractivity contribution in [3.05, 3.63) is 17.7 Å². The van der Waals surface area contributed by atoms with Crippen molar-refractivity contribution >= 4 is 5.69 Å². The number of rotatable bonds is 10. The molecule has 4 heteroatoms. The van der Waals surface area contributed by atoms with Crippen LogP contribution >= 0.6 is 0 Å². The van der Waals surface area contributed by atoms with Crippen LogP contribution in [0.4, 0.5) is 5.69 Å². The van der Waals surface area contributed by atoms with Crippen molar-refractivity contribution < 1.29 is 0 Å². The van der Waals surface area contributed by atoms with Gasteiger partial charge < -0.3 is 11.1 Å². The second-order valence-electron chi connectivity index (χ2n) is 4.94. The van der Waals surface area contributed by atoms with Crippen molar-refractivity contribution in [2.45, 2.75) is 65.3 Å². The summed E-state index contributed by atoms with van der Waals surface area (Å²) >= 11 is 0. The maximum atomic E-state index is 5.62. The summed E-state index contributed by atoms with van der Waals surface area (Å²) in [5, 5.41) is 3.46. The third-order valence-corrected chi connectivity index (χ3v) is 3.21. The molecule has 19 heavy (non-hydrogen) atoms. The molecule has 3 N–H and O–H groups in total. The second kappa shape index (κ2) is 9.73. The lowest BCUT2D eigenvalue weighted by Crippen LogP contribution is -2.10. The predicted octanol–water partition coefficient (Wildman–Crippen LogP) is 3.27. The maximum Gasteiger partial charge on any atom is 0.142 e. The molecule has 0 amide bonds. The van der Waals surface area contributed by atoms with E-state index in [1.54, 1.807) is 0 Å². The zero-order valence-corrected chi connectivity index (χ0v) is 12.4. The van der Waals surface area contributed by atoms with E-state index in [1.807, 2.05) is 6.20 Å². The van der Waals surface area contributed by atoms with Crippen molar-refractivity contribution in [3.8, 4) is 0 Å². The molecule has 0 aromatic carbocycles. The van der Waals surface area contributed by atoms with Crippen molar-refractivity contribution in [1.29, 1.82) is 0 Å². The topological polar surface area (TPSA) is 63.8 Å². The Morgan fingerprint density at radius 3 is 2.53 bits per heavy atom. The van der Waals surface area contributed by atoms with E-state index in [1.165, 1.54) is 38.5 Å². The number of aromatic nitrogens is 2. The Labute approximate surface area is 117 Å². The summed E-state index contributed by atoms with van der Waals surface area (Å²) in [6.07, 6.45) is 10.3. The SMILES string of the molecule is CCCCCNc1cnc(CN)nc1CCCCC. The van der Waals surface area contributed by atoms with Gasteiger partial charge in [-0.05, 0) is 19.3 Å². The molecule has 1 aromatic heterocycles. The number of nitrogens with two attached hydrogens (primary N) is 1. The first-order chi connectivity index (χ1) is 9.31. The smallest absolute Gasteiger partial charge is 0.142 e. The molecule has 0 saturated heterocycles. The first kappa shape index (κ1) is 15.9. The van der Waals surface area contributed by atoms with E-state index in [9.17, 15) is 0 Å². The van der Waals surface area contributed by atoms with Crippen LogP contribution in [-0.4, -0.2) is 16.5 Å². The van der Waals surface area contributed by atoms with Crippen LogP contribution in [0.15, 0.2) is 6.20 Å². The van der Waals surface area contributed by atoms with Crippen molar-refractivity contribution in [2.24, 2.45) is 5.73 Å². The Morgan fingerprint density at radius 1 is 1.11 bits per heavy atom. The van der Waals surface area contributed by atoms with Crippen LogP contribution in [-0.2, 0) is 13.0 Å². The molecule has 1 rings (SSSR count). The molecule has 1 aromatic rings. The molecule has 0 atom stereocenters. The molecular formula is C15H28N4. The van der Waals surface area contributed by atoms with Gasteiger partial charge in [0, 0.05) is 6.54 Å². The van der Waals surface area contributed by atoms with E-state index in [0.717, 1.165) is 30.2 Å². The number of anilines is 1. The summed E-state index contributed by atoms with van der Waals surface area (Å²) < 4.78 is 0. The van der Waals surface area contributed by atoms with Crippen LogP contribution in [0.3, 0.4) is 0 Å². The van der Waals surface area contributed by atoms with Gasteiger partial charge in [0.05, 0.1) is 24.1 Å². The molecule has 4 nitrogen and oxygen atoms in total. The molecule has 0 unspecified atom stereocenters. The molecule has 0 bridgehead atoms. The minimum Gasteiger partial charge on any atom is -0.382 e. The van der Waals surface area contributed by atoms with Gasteiger partial charge in [0.15, 0.2) is 0 Å². The maximum absolute atomic E-state index is 5.62. The summed E-state index contributed by atoms with van der Waals surface area (Å²) in [5.74, 6) is 0.741. The average molecular weight is 264 g/mol. The quantitative estimate of drug-likeness (QED) is 0.637. The Kier molecular flexibility index (Phi) is 8.14. The lowest BCUT2D eigenvalue weighted by atomic mass is 10.1. The van der Waals surface area contributed by atoms with Gasteiger partial charge >= 0.3 is 0 Å². The predicted molar refractivity (Wildman–Crippen MR) is 81.2 cm³/mol. The van der Waals surface area contributed by atoms with Crippen LogP contribution in [0, 0.1) is 0 Å². The van der Waals surface area contributed by atoms with E-state index in [-0.39, 0.29) is 0 Å². The molecular weight excluding hydrogens is 236 g/mol. The van der Waals surface area contributed by atoms with Gasteiger partial charge in [-0.3, -0.25) is 0 Å². The lowest BCUT2D eigenvalue weighted by Gasteiger charge is -2.11. The van der Waals surface area contributed by atoms with E-state index in [4.69, 9.17) is 5.73 Å². The molecule has 0 aliphatic heterocycles. The first-order valence-electron chi connectivity index (χ1n) is 7.60. The zero-order valence-electron chi connectivity index (χ0n) is 12.4. The van der Waals surface area contributed by atoms with Gasteiger partial charge in [0.25, 0.3) is 0 Å². The third-order valence-electron chi connectivity index (χ3n) is 3.21. The molecule has 0 spiro atoms. The van der Waals surface area contributed by atoms with E-state index >= 15 is 0 Å². The van der Waals surface area contributed by atoms with E-state index in [0.29, 0.717) is 6.54 Å². The van der Waals surface area contributed by atoms with Gasteiger partial charge in [-0.25, -0.2) is 9.97 Å². The van der Waals surface area contributed by atoms with Crippen LogP contribution in [0.1, 0.15) is 63.9 Å². The second-order valence-corrected chi connectivity index (χ2v) is 4.94. The highest BCUT2D eigenvalue weighted by atomic mass is 15.0. The van der Waals surface area contributed by atoms with Crippen molar-refractivity contribution in [3.63, 3.8) is 0 Å². The van der Waals surface area contributed by atoms with Crippen LogP contribution in [0.5, 0.6) is 0 Å². The van der Waals surface area contributed by atoms with E-state index < -0.39 is 0 Å². The molecule has 0 radical (unpaired) electrons. The van der Waals surface area contributed by atoms with Gasteiger partial charge in [0.1, 0.15) is 5.82 Å². The number of hydrogen-bond acceptors (Lipinski definition) is 4. The van der Waals surface area contributed by atoms with Gasteiger partial charge in [-0.15, -0.1) is 0 Å². The Hall–Kier alpha value is -1.16. The zero-order chi connectivity index (χ0) is 13.9. The number of unbranched alkanes of at least 4 members (excludes halogenated alkanes) is 4. The fraction of sp³-hybridized carbons (Fsp3) is 0.733. The standard InChI is InChI=1S/C15H28N4/c1-3-5-7-9-13-14(17-10-8-6-4-2)12-18-15(11-16)19-13/h12,17H,3-11,16H2,1-2H3. The first-order valence-corrected chi connectivity index (χ1v) is 7.60. The monoisotopic (exact) mass is 264 g/mol. The van der Waals surface area contributed by atoms with Crippen molar-refractivity contribution in [1.82, 2.24) is 9.97 Å². The largest absolute Gasteiger partial charge is 0.382 e. The number of nitrogens with one attached hydrogen (secondary N) is 1. The Balaban J connectivity index is 2.60. The van der Waals surface area contributed by atoms with E-state index in [2.05, 4.69) is 29.1 Å². The highest BCUT2D eigenvalue weighted by molar-refractivity contribution is 5.46. The minimum absolute atomic E-state index is 0.414. The van der Waals surface area contributed by atoms with Gasteiger partial charge in [0.2, 0.25) is 0 Å². The fourth-order valence-electron chi connectivity index (χ4n) is 2.04. The van der Waals surface area contributed by atoms with Crippen LogP contribution < -0.4 is 11.1 Å². The molecule has 0 aliphatic carbocycles. The highest BCUT2D eigenvalue weighted by Gasteiger charge is 2.06. The number of nitrogens with zero attached hydrogens (tertiary/aromatic N) is 2.